The lowest BCUT2D eigenvalue weighted by atomic mass is 9.99. The number of amides is 1. The van der Waals surface area contributed by atoms with Crippen LogP contribution in [0.2, 0.25) is 0 Å². The Morgan fingerprint density at radius 2 is 1.93 bits per heavy atom. The van der Waals surface area contributed by atoms with Gasteiger partial charge in [0.2, 0.25) is 5.91 Å². The fraction of sp³-hybridized carbons (Fsp3) is 0.273. The Morgan fingerprint density at radius 3 is 2.61 bits per heavy atom. The van der Waals surface area contributed by atoms with Crippen molar-refractivity contribution in [2.75, 3.05) is 0 Å². The Morgan fingerprint density at radius 1 is 1.14 bits per heavy atom. The van der Waals surface area contributed by atoms with Gasteiger partial charge in [-0.15, -0.1) is 0 Å². The molecule has 1 unspecified atom stereocenters. The second kappa shape index (κ2) is 9.08. The number of rotatable bonds is 7. The maximum absolute atomic E-state index is 12.5. The maximum Gasteiger partial charge on any atom is 0.251 e. The van der Waals surface area contributed by atoms with Gasteiger partial charge in [-0.1, -0.05) is 44.2 Å². The lowest BCUT2D eigenvalue weighted by molar-refractivity contribution is -0.122. The van der Waals surface area contributed by atoms with Crippen molar-refractivity contribution in [1.82, 2.24) is 20.3 Å². The fourth-order valence-corrected chi connectivity index (χ4v) is 3.01. The summed E-state index contributed by atoms with van der Waals surface area (Å²) in [5.74, 6) is 0.462. The van der Waals surface area contributed by atoms with Crippen molar-refractivity contribution in [3.8, 4) is 11.4 Å². The van der Waals surface area contributed by atoms with E-state index in [1.165, 1.54) is 6.07 Å². The van der Waals surface area contributed by atoms with Gasteiger partial charge in [0.15, 0.2) is 0 Å². The highest BCUT2D eigenvalue weighted by Gasteiger charge is 2.21. The van der Waals surface area contributed by atoms with Crippen LogP contribution in [-0.4, -0.2) is 20.9 Å². The van der Waals surface area contributed by atoms with Crippen LogP contribution in [0, 0.1) is 5.92 Å². The second-order valence-electron chi connectivity index (χ2n) is 7.04. The molecule has 1 amide bonds. The number of pyridine rings is 1. The summed E-state index contributed by atoms with van der Waals surface area (Å²) in [6.07, 6.45) is 4.35. The third-order valence-corrected chi connectivity index (χ3v) is 4.48. The van der Waals surface area contributed by atoms with E-state index >= 15 is 0 Å². The number of hydrogen-bond donors (Lipinski definition) is 2. The van der Waals surface area contributed by atoms with E-state index in [1.54, 1.807) is 18.5 Å². The number of carbonyl (C=O) groups excluding carboxylic acids is 1. The Bertz CT molecular complexity index is 969. The van der Waals surface area contributed by atoms with Gasteiger partial charge in [-0.25, -0.2) is 4.98 Å². The molecule has 0 spiro atoms. The molecule has 3 aromatic rings. The molecule has 0 aliphatic rings. The summed E-state index contributed by atoms with van der Waals surface area (Å²) in [4.78, 5) is 36.1. The molecule has 2 heterocycles. The molecule has 0 saturated carbocycles. The van der Waals surface area contributed by atoms with Crippen LogP contribution >= 0.6 is 0 Å². The van der Waals surface area contributed by atoms with E-state index in [9.17, 15) is 9.59 Å². The highest BCUT2D eigenvalue weighted by atomic mass is 16.1. The third-order valence-electron chi connectivity index (χ3n) is 4.48. The predicted molar refractivity (Wildman–Crippen MR) is 109 cm³/mol. The van der Waals surface area contributed by atoms with Gasteiger partial charge in [-0.2, -0.15) is 0 Å². The molecule has 1 atom stereocenters. The first kappa shape index (κ1) is 19.5. The molecule has 2 aromatic heterocycles. The van der Waals surface area contributed by atoms with E-state index in [4.69, 9.17) is 0 Å². The predicted octanol–water partition coefficient (Wildman–Crippen LogP) is 3.28. The monoisotopic (exact) mass is 376 g/mol. The number of nitrogens with zero attached hydrogens (tertiary/aromatic N) is 2. The number of H-pyrrole nitrogens is 1. The number of nitrogens with one attached hydrogen (secondary N) is 2. The van der Waals surface area contributed by atoms with Crippen LogP contribution in [0.5, 0.6) is 0 Å². The lowest BCUT2D eigenvalue weighted by Crippen LogP contribution is -2.33. The summed E-state index contributed by atoms with van der Waals surface area (Å²) < 4.78 is 0. The molecular formula is C22H24N4O2. The molecule has 6 heteroatoms. The van der Waals surface area contributed by atoms with Crippen molar-refractivity contribution in [1.29, 1.82) is 0 Å². The number of aromatic nitrogens is 3. The van der Waals surface area contributed by atoms with Gasteiger partial charge < -0.3 is 10.3 Å². The quantitative estimate of drug-likeness (QED) is 0.662. The molecule has 0 aliphatic heterocycles. The number of carbonyl (C=O) groups is 1. The van der Waals surface area contributed by atoms with E-state index in [0.29, 0.717) is 24.4 Å². The fourth-order valence-electron chi connectivity index (χ4n) is 3.01. The minimum absolute atomic E-state index is 0.0624. The van der Waals surface area contributed by atoms with Crippen LogP contribution in [0.3, 0.4) is 0 Å². The molecule has 1 aromatic carbocycles. The number of benzene rings is 1. The summed E-state index contributed by atoms with van der Waals surface area (Å²) in [6, 6.07) is 14.6. The van der Waals surface area contributed by atoms with Crippen molar-refractivity contribution in [2.45, 2.75) is 32.7 Å². The van der Waals surface area contributed by atoms with Gasteiger partial charge in [-0.3, -0.25) is 14.6 Å². The van der Waals surface area contributed by atoms with Gasteiger partial charge in [-0.05, 0) is 30.0 Å². The molecule has 0 radical (unpaired) electrons. The molecule has 0 bridgehead atoms. The van der Waals surface area contributed by atoms with E-state index in [1.807, 2.05) is 50.2 Å². The van der Waals surface area contributed by atoms with E-state index in [-0.39, 0.29) is 23.4 Å². The van der Waals surface area contributed by atoms with Gasteiger partial charge >= 0.3 is 0 Å². The van der Waals surface area contributed by atoms with Crippen molar-refractivity contribution in [3.63, 3.8) is 0 Å². The zero-order valence-corrected chi connectivity index (χ0v) is 16.1. The number of aryl methyl sites for hydroxylation is 1. The van der Waals surface area contributed by atoms with Crippen molar-refractivity contribution >= 4 is 5.91 Å². The highest BCUT2D eigenvalue weighted by molar-refractivity contribution is 5.76. The van der Waals surface area contributed by atoms with Crippen LogP contribution in [0.4, 0.5) is 0 Å². The van der Waals surface area contributed by atoms with Crippen molar-refractivity contribution < 1.29 is 4.79 Å². The average molecular weight is 376 g/mol. The van der Waals surface area contributed by atoms with Crippen molar-refractivity contribution in [3.05, 3.63) is 82.5 Å². The summed E-state index contributed by atoms with van der Waals surface area (Å²) in [5, 5.41) is 3.04. The lowest BCUT2D eigenvalue weighted by Gasteiger charge is -2.22. The molecule has 0 saturated heterocycles. The van der Waals surface area contributed by atoms with E-state index in [0.717, 1.165) is 11.1 Å². The third kappa shape index (κ3) is 5.13. The smallest absolute Gasteiger partial charge is 0.251 e. The molecule has 0 fully saturated rings. The molecule has 0 aliphatic carbocycles. The first-order chi connectivity index (χ1) is 13.5. The standard InChI is InChI=1S/C22H24N4O2/c1-15(2)21(25-19(27)11-10-16-7-4-3-5-8-16)18-13-20(28)26-22(24-18)17-9-6-12-23-14-17/h3-9,12-15,21H,10-11H2,1-2H3,(H,25,27)(H,24,26,28). The van der Waals surface area contributed by atoms with Crippen LogP contribution in [0.15, 0.2) is 65.7 Å². The largest absolute Gasteiger partial charge is 0.347 e. The van der Waals surface area contributed by atoms with E-state index < -0.39 is 0 Å². The SMILES string of the molecule is CC(C)C(NC(=O)CCc1ccccc1)c1cc(=O)[nH]c(-c2cccnc2)n1. The minimum atomic E-state index is -0.346. The normalized spacial score (nSPS) is 12.0. The first-order valence-electron chi connectivity index (χ1n) is 9.38. The van der Waals surface area contributed by atoms with Crippen molar-refractivity contribution in [2.24, 2.45) is 5.92 Å². The number of hydrogen-bond acceptors (Lipinski definition) is 4. The average Bonchev–Trinajstić information content (AvgIpc) is 2.71. The van der Waals surface area contributed by atoms with Gasteiger partial charge in [0, 0.05) is 30.4 Å². The summed E-state index contributed by atoms with van der Waals surface area (Å²) >= 11 is 0. The first-order valence-corrected chi connectivity index (χ1v) is 9.38. The second-order valence-corrected chi connectivity index (χ2v) is 7.04. The molecular weight excluding hydrogens is 352 g/mol. The Kier molecular flexibility index (Phi) is 6.32. The van der Waals surface area contributed by atoms with E-state index in [2.05, 4.69) is 20.3 Å². The molecule has 144 valence electrons. The summed E-state index contributed by atoms with van der Waals surface area (Å²) in [7, 11) is 0. The Balaban J connectivity index is 1.77. The van der Waals surface area contributed by atoms with Crippen LogP contribution < -0.4 is 10.9 Å². The molecule has 28 heavy (non-hydrogen) atoms. The van der Waals surface area contributed by atoms with Gasteiger partial charge in [0.1, 0.15) is 5.82 Å². The maximum atomic E-state index is 12.5. The molecule has 2 N–H and O–H groups in total. The molecule has 3 rings (SSSR count). The summed E-state index contributed by atoms with van der Waals surface area (Å²) in [6.45, 7) is 3.99. The Labute approximate surface area is 164 Å². The van der Waals surface area contributed by atoms with Gasteiger partial charge in [0.05, 0.1) is 11.7 Å². The van der Waals surface area contributed by atoms with Gasteiger partial charge in [0.25, 0.3) is 5.56 Å². The van der Waals surface area contributed by atoms with Crippen LogP contribution in [-0.2, 0) is 11.2 Å². The summed E-state index contributed by atoms with van der Waals surface area (Å²) in [5.41, 5.74) is 2.13. The topological polar surface area (TPSA) is 87.7 Å². The van der Waals surface area contributed by atoms with Crippen LogP contribution in [0.25, 0.3) is 11.4 Å². The molecule has 6 nitrogen and oxygen atoms in total. The zero-order valence-electron chi connectivity index (χ0n) is 16.1. The Hall–Kier alpha value is -3.28. The zero-order chi connectivity index (χ0) is 19.9. The highest BCUT2D eigenvalue weighted by Crippen LogP contribution is 2.21. The number of aromatic amines is 1. The minimum Gasteiger partial charge on any atom is -0.347 e. The van der Waals surface area contributed by atoms with Crippen LogP contribution in [0.1, 0.15) is 37.6 Å².